The van der Waals surface area contributed by atoms with Gasteiger partial charge < -0.3 is 0 Å². The molecule has 0 amide bonds. The Bertz CT molecular complexity index is 781. The smallest absolute Gasteiger partial charge is 0.266 e. The summed E-state index contributed by atoms with van der Waals surface area (Å²) in [5, 5.41) is 11.1. The Labute approximate surface area is 131 Å². The first-order valence-corrected chi connectivity index (χ1v) is 8.68. The first-order valence-electron chi connectivity index (χ1n) is 7.20. The molecule has 0 fully saturated rings. The van der Waals surface area contributed by atoms with E-state index in [0.717, 1.165) is 12.1 Å². The van der Waals surface area contributed by atoms with E-state index >= 15 is 0 Å². The summed E-state index contributed by atoms with van der Waals surface area (Å²) < 4.78 is 29.6. The minimum Gasteiger partial charge on any atom is -0.280 e. The van der Waals surface area contributed by atoms with Gasteiger partial charge >= 0.3 is 0 Å². The van der Waals surface area contributed by atoms with Crippen LogP contribution in [0.3, 0.4) is 0 Å². The molecule has 0 saturated carbocycles. The molecule has 0 aromatic carbocycles. The first kappa shape index (κ1) is 16.5. The monoisotopic (exact) mass is 325 g/mol. The maximum Gasteiger partial charge on any atom is 0.266 e. The second-order valence-corrected chi connectivity index (χ2v) is 7.94. The molecule has 0 aliphatic rings. The van der Waals surface area contributed by atoms with E-state index < -0.39 is 10.0 Å². The van der Waals surface area contributed by atoms with Crippen molar-refractivity contribution in [1.29, 1.82) is 0 Å². The van der Waals surface area contributed by atoms with Crippen LogP contribution in [0.2, 0.25) is 0 Å². The van der Waals surface area contributed by atoms with Gasteiger partial charge in [-0.05, 0) is 41.0 Å². The van der Waals surface area contributed by atoms with E-state index in [1.807, 2.05) is 27.7 Å². The first-order chi connectivity index (χ1) is 10.1. The minimum absolute atomic E-state index is 0.212. The lowest BCUT2D eigenvalue weighted by atomic mass is 10.1. The molecule has 2 aromatic rings. The van der Waals surface area contributed by atoms with Crippen LogP contribution in [0.4, 0.5) is 5.82 Å². The number of sulfonamides is 1. The molecule has 0 radical (unpaired) electrons. The van der Waals surface area contributed by atoms with Gasteiger partial charge in [0.15, 0.2) is 5.82 Å². The van der Waals surface area contributed by atoms with Crippen molar-refractivity contribution in [2.24, 2.45) is 0 Å². The lowest BCUT2D eigenvalue weighted by Gasteiger charge is -2.21. The Morgan fingerprint density at radius 2 is 1.95 bits per heavy atom. The Morgan fingerprint density at radius 1 is 1.32 bits per heavy atom. The molecule has 2 heterocycles. The largest absolute Gasteiger partial charge is 0.280 e. The lowest BCUT2D eigenvalue weighted by Crippen LogP contribution is -2.25. The summed E-state index contributed by atoms with van der Waals surface area (Å²) in [6.45, 7) is 11.4. The third-order valence-electron chi connectivity index (χ3n) is 3.38. The van der Waals surface area contributed by atoms with E-state index in [9.17, 15) is 8.42 Å². The Balaban J connectivity index is 2.44. The number of nitrogens with zero attached hydrogens (tertiary/aromatic N) is 3. The lowest BCUT2D eigenvalue weighted by molar-refractivity contribution is 0.345. The van der Waals surface area contributed by atoms with Crippen molar-refractivity contribution < 1.29 is 8.42 Å². The van der Waals surface area contributed by atoms with Crippen LogP contribution >= 0.6 is 0 Å². The van der Waals surface area contributed by atoms with Crippen molar-refractivity contribution in [3.63, 3.8) is 0 Å². The predicted molar refractivity (Wildman–Crippen MR) is 85.5 cm³/mol. The number of anilines is 1. The fourth-order valence-electron chi connectivity index (χ4n) is 2.45. The van der Waals surface area contributed by atoms with Gasteiger partial charge in [0.25, 0.3) is 10.0 Å². The molecule has 2 aromatic heterocycles. The molecule has 0 saturated heterocycles. The van der Waals surface area contributed by atoms with Gasteiger partial charge in [0.2, 0.25) is 0 Å². The Kier molecular flexibility index (Phi) is 4.08. The molecule has 8 heteroatoms. The van der Waals surface area contributed by atoms with Crippen molar-refractivity contribution in [1.82, 2.24) is 20.0 Å². The zero-order valence-electron chi connectivity index (χ0n) is 13.9. The van der Waals surface area contributed by atoms with Crippen molar-refractivity contribution in [3.8, 4) is 0 Å². The van der Waals surface area contributed by atoms with Gasteiger partial charge in [-0.25, -0.2) is 8.42 Å². The summed E-state index contributed by atoms with van der Waals surface area (Å²) in [5.74, 6) is 0.291. The molecular weight excluding hydrogens is 302 g/mol. The molecule has 0 spiro atoms. The highest BCUT2D eigenvalue weighted by atomic mass is 32.2. The summed E-state index contributed by atoms with van der Waals surface area (Å²) in [4.78, 5) is 0.212. The van der Waals surface area contributed by atoms with Crippen LogP contribution in [-0.4, -0.2) is 28.4 Å². The Hall–Kier alpha value is -1.83. The highest BCUT2D eigenvalue weighted by Gasteiger charge is 2.28. The van der Waals surface area contributed by atoms with E-state index in [2.05, 4.69) is 20.0 Å². The average molecular weight is 325 g/mol. The predicted octanol–water partition coefficient (Wildman–Crippen LogP) is 2.34. The van der Waals surface area contributed by atoms with Crippen molar-refractivity contribution >= 4 is 15.8 Å². The number of nitrogens with one attached hydrogen (secondary N) is 2. The van der Waals surface area contributed by atoms with Crippen LogP contribution in [0.1, 0.15) is 44.8 Å². The van der Waals surface area contributed by atoms with Crippen LogP contribution in [0.15, 0.2) is 11.0 Å². The summed E-state index contributed by atoms with van der Waals surface area (Å²) in [6, 6.07) is 1.69. The van der Waals surface area contributed by atoms with Gasteiger partial charge in [0.1, 0.15) is 4.90 Å². The molecule has 0 aliphatic heterocycles. The van der Waals surface area contributed by atoms with Crippen LogP contribution in [0.5, 0.6) is 0 Å². The minimum atomic E-state index is -3.72. The maximum absolute atomic E-state index is 12.7. The maximum atomic E-state index is 12.7. The third-order valence-corrected chi connectivity index (χ3v) is 4.99. The number of rotatable bonds is 4. The summed E-state index contributed by atoms with van der Waals surface area (Å²) in [6.07, 6.45) is 0.759. The van der Waals surface area contributed by atoms with E-state index in [0.29, 0.717) is 17.2 Å². The SMILES string of the molecule is CCc1cc(NS(=O)(=O)c2c(C)nn(C(C)(C)C)c2C)n[nH]1. The van der Waals surface area contributed by atoms with E-state index in [4.69, 9.17) is 0 Å². The standard InChI is InChI=1S/C14H23N5O2S/c1-7-11-8-12(16-15-11)18-22(20,21)13-9(2)17-19(10(13)3)14(4,5)6/h8H,7H2,1-6H3,(H2,15,16,18). The second kappa shape index (κ2) is 5.42. The topological polar surface area (TPSA) is 92.7 Å². The summed E-state index contributed by atoms with van der Waals surface area (Å²) in [7, 11) is -3.72. The zero-order valence-corrected chi connectivity index (χ0v) is 14.7. The van der Waals surface area contributed by atoms with Crippen LogP contribution in [-0.2, 0) is 22.0 Å². The fourth-order valence-corrected chi connectivity index (χ4v) is 3.84. The zero-order chi connectivity index (χ0) is 16.7. The molecular formula is C14H23N5O2S. The number of aromatic nitrogens is 4. The van der Waals surface area contributed by atoms with Crippen molar-refractivity contribution in [3.05, 3.63) is 23.1 Å². The number of hydrogen-bond acceptors (Lipinski definition) is 4. The molecule has 0 atom stereocenters. The van der Waals surface area contributed by atoms with Crippen molar-refractivity contribution in [2.45, 2.75) is 58.4 Å². The van der Waals surface area contributed by atoms with Crippen LogP contribution in [0, 0.1) is 13.8 Å². The van der Waals surface area contributed by atoms with Gasteiger partial charge in [0, 0.05) is 11.8 Å². The van der Waals surface area contributed by atoms with Gasteiger partial charge in [-0.1, -0.05) is 6.92 Å². The van der Waals surface area contributed by atoms with Crippen LogP contribution in [0.25, 0.3) is 0 Å². The second-order valence-electron chi connectivity index (χ2n) is 6.32. The van der Waals surface area contributed by atoms with Gasteiger partial charge in [-0.2, -0.15) is 10.2 Å². The molecule has 2 N–H and O–H groups in total. The molecule has 0 aliphatic carbocycles. The number of aryl methyl sites for hydroxylation is 2. The van der Waals surface area contributed by atoms with E-state index in [-0.39, 0.29) is 10.4 Å². The van der Waals surface area contributed by atoms with Gasteiger partial charge in [-0.15, -0.1) is 0 Å². The molecule has 0 bridgehead atoms. The van der Waals surface area contributed by atoms with Crippen LogP contribution < -0.4 is 4.72 Å². The molecule has 2 rings (SSSR count). The number of H-pyrrole nitrogens is 1. The quantitative estimate of drug-likeness (QED) is 0.902. The van der Waals surface area contributed by atoms with E-state index in [1.165, 1.54) is 0 Å². The fraction of sp³-hybridized carbons (Fsp3) is 0.571. The summed E-state index contributed by atoms with van der Waals surface area (Å²) in [5.41, 5.74) is 1.68. The molecule has 22 heavy (non-hydrogen) atoms. The molecule has 7 nitrogen and oxygen atoms in total. The number of aromatic amines is 1. The highest BCUT2D eigenvalue weighted by molar-refractivity contribution is 7.92. The highest BCUT2D eigenvalue weighted by Crippen LogP contribution is 2.26. The molecule has 0 unspecified atom stereocenters. The average Bonchev–Trinajstić information content (AvgIpc) is 2.92. The van der Waals surface area contributed by atoms with Crippen molar-refractivity contribution in [2.75, 3.05) is 4.72 Å². The molecule has 122 valence electrons. The van der Waals surface area contributed by atoms with Gasteiger partial charge in [0.05, 0.1) is 16.9 Å². The summed E-state index contributed by atoms with van der Waals surface area (Å²) >= 11 is 0. The van der Waals surface area contributed by atoms with Gasteiger partial charge in [-0.3, -0.25) is 14.5 Å². The third kappa shape index (κ3) is 3.01. The van der Waals surface area contributed by atoms with E-state index in [1.54, 1.807) is 24.6 Å². The number of hydrogen-bond donors (Lipinski definition) is 2. The Morgan fingerprint density at radius 3 is 2.41 bits per heavy atom. The normalized spacial score (nSPS) is 12.6.